The Morgan fingerprint density at radius 2 is 2.36 bits per heavy atom. The van der Waals surface area contributed by atoms with Gasteiger partial charge in [-0.05, 0) is 13.3 Å². The molecule has 0 radical (unpaired) electrons. The quantitative estimate of drug-likeness (QED) is 0.558. The summed E-state index contributed by atoms with van der Waals surface area (Å²) in [6.45, 7) is 4.55. The first-order valence-corrected chi connectivity index (χ1v) is 3.84. The van der Waals surface area contributed by atoms with Gasteiger partial charge in [0.1, 0.15) is 0 Å². The molecule has 0 fully saturated rings. The van der Waals surface area contributed by atoms with Crippen LogP contribution in [0.5, 0.6) is 0 Å². The molecule has 0 N–H and O–H groups in total. The number of rotatable bonds is 5. The summed E-state index contributed by atoms with van der Waals surface area (Å²) in [6, 6.07) is 2.26. The van der Waals surface area contributed by atoms with Crippen LogP contribution in [0.3, 0.4) is 0 Å². The lowest BCUT2D eigenvalue weighted by atomic mass is 10.2. The van der Waals surface area contributed by atoms with E-state index in [1.54, 1.807) is 4.90 Å². The van der Waals surface area contributed by atoms with Gasteiger partial charge in [-0.1, -0.05) is 6.92 Å². The van der Waals surface area contributed by atoms with Crippen molar-refractivity contribution in [3.63, 3.8) is 0 Å². The van der Waals surface area contributed by atoms with Gasteiger partial charge in [-0.3, -0.25) is 4.79 Å². The summed E-state index contributed by atoms with van der Waals surface area (Å²) < 4.78 is 0. The number of nitriles is 1. The zero-order valence-corrected chi connectivity index (χ0v) is 7.08. The average molecular weight is 154 g/mol. The van der Waals surface area contributed by atoms with E-state index in [2.05, 4.69) is 0 Å². The molecule has 0 rings (SSSR count). The van der Waals surface area contributed by atoms with E-state index < -0.39 is 0 Å². The Morgan fingerprint density at radius 1 is 1.73 bits per heavy atom. The van der Waals surface area contributed by atoms with Crippen molar-refractivity contribution in [2.75, 3.05) is 6.54 Å². The first kappa shape index (κ1) is 9.96. The normalized spacial score (nSPS) is 11.7. The summed E-state index contributed by atoms with van der Waals surface area (Å²) in [7, 11) is 0. The van der Waals surface area contributed by atoms with E-state index in [-0.39, 0.29) is 6.04 Å². The van der Waals surface area contributed by atoms with Gasteiger partial charge in [0.15, 0.2) is 0 Å². The lowest BCUT2D eigenvalue weighted by Crippen LogP contribution is -2.31. The van der Waals surface area contributed by atoms with Crippen molar-refractivity contribution < 1.29 is 4.79 Å². The fourth-order valence-corrected chi connectivity index (χ4v) is 0.791. The van der Waals surface area contributed by atoms with Gasteiger partial charge in [0.2, 0.25) is 6.41 Å². The molecular weight excluding hydrogens is 140 g/mol. The monoisotopic (exact) mass is 154 g/mol. The third-order valence-corrected chi connectivity index (χ3v) is 1.77. The highest BCUT2D eigenvalue weighted by molar-refractivity contribution is 5.47. The Morgan fingerprint density at radius 3 is 2.73 bits per heavy atom. The van der Waals surface area contributed by atoms with Crippen LogP contribution < -0.4 is 0 Å². The van der Waals surface area contributed by atoms with Crippen molar-refractivity contribution in [1.29, 1.82) is 5.26 Å². The maximum Gasteiger partial charge on any atom is 0.209 e. The van der Waals surface area contributed by atoms with Crippen LogP contribution in [0.1, 0.15) is 26.7 Å². The summed E-state index contributed by atoms with van der Waals surface area (Å²) in [5.74, 6) is 0. The first-order valence-electron chi connectivity index (χ1n) is 3.84. The van der Waals surface area contributed by atoms with E-state index in [0.717, 1.165) is 12.8 Å². The van der Waals surface area contributed by atoms with E-state index in [4.69, 9.17) is 5.26 Å². The summed E-state index contributed by atoms with van der Waals surface area (Å²) in [4.78, 5) is 12.1. The molecule has 0 aliphatic rings. The molecule has 62 valence electrons. The Hall–Kier alpha value is -1.04. The van der Waals surface area contributed by atoms with Crippen LogP contribution in [0.4, 0.5) is 0 Å². The van der Waals surface area contributed by atoms with Crippen LogP contribution in [0.25, 0.3) is 0 Å². The maximum atomic E-state index is 10.4. The Bertz CT molecular complexity index is 151. The van der Waals surface area contributed by atoms with Crippen molar-refractivity contribution in [3.8, 4) is 6.07 Å². The van der Waals surface area contributed by atoms with Gasteiger partial charge >= 0.3 is 0 Å². The van der Waals surface area contributed by atoms with Crippen molar-refractivity contribution in [2.24, 2.45) is 0 Å². The van der Waals surface area contributed by atoms with Gasteiger partial charge in [-0.2, -0.15) is 5.26 Å². The molecule has 0 aliphatic heterocycles. The molecule has 0 saturated carbocycles. The third kappa shape index (κ3) is 3.61. The molecule has 0 aromatic heterocycles. The average Bonchev–Trinajstić information content (AvgIpc) is 2.05. The number of carbonyl (C=O) groups excluding carboxylic acids is 1. The molecule has 11 heavy (non-hydrogen) atoms. The van der Waals surface area contributed by atoms with Gasteiger partial charge in [0.25, 0.3) is 0 Å². The second-order valence-electron chi connectivity index (χ2n) is 2.51. The summed E-state index contributed by atoms with van der Waals surface area (Å²) in [5.41, 5.74) is 0. The van der Waals surface area contributed by atoms with E-state index >= 15 is 0 Å². The second kappa shape index (κ2) is 5.72. The SMILES string of the molecule is CCC(C)N(C=O)CCC#N. The zero-order chi connectivity index (χ0) is 8.69. The second-order valence-corrected chi connectivity index (χ2v) is 2.51. The maximum absolute atomic E-state index is 10.4. The Balaban J connectivity index is 3.76. The number of amides is 1. The molecule has 0 aliphatic carbocycles. The van der Waals surface area contributed by atoms with Crippen LogP contribution in [-0.2, 0) is 4.79 Å². The molecule has 0 spiro atoms. The highest BCUT2D eigenvalue weighted by Crippen LogP contribution is 2.00. The Labute approximate surface area is 67.6 Å². The van der Waals surface area contributed by atoms with Crippen molar-refractivity contribution in [3.05, 3.63) is 0 Å². The van der Waals surface area contributed by atoms with Gasteiger partial charge in [-0.15, -0.1) is 0 Å². The lowest BCUT2D eigenvalue weighted by Gasteiger charge is -2.22. The molecule has 1 atom stereocenters. The minimum absolute atomic E-state index is 0.251. The van der Waals surface area contributed by atoms with E-state index in [1.165, 1.54) is 0 Å². The topological polar surface area (TPSA) is 44.1 Å². The van der Waals surface area contributed by atoms with Crippen LogP contribution in [0, 0.1) is 11.3 Å². The van der Waals surface area contributed by atoms with Crippen molar-refractivity contribution in [2.45, 2.75) is 32.7 Å². The molecule has 3 heteroatoms. The molecule has 1 amide bonds. The zero-order valence-electron chi connectivity index (χ0n) is 7.08. The van der Waals surface area contributed by atoms with Crippen LogP contribution >= 0.6 is 0 Å². The summed E-state index contributed by atoms with van der Waals surface area (Å²) in [5, 5.41) is 8.27. The smallest absolute Gasteiger partial charge is 0.209 e. The fourth-order valence-electron chi connectivity index (χ4n) is 0.791. The number of nitrogens with zero attached hydrogens (tertiary/aromatic N) is 2. The lowest BCUT2D eigenvalue weighted by molar-refractivity contribution is -0.119. The molecule has 0 heterocycles. The highest BCUT2D eigenvalue weighted by atomic mass is 16.1. The highest BCUT2D eigenvalue weighted by Gasteiger charge is 2.07. The molecule has 1 unspecified atom stereocenters. The summed E-state index contributed by atoms with van der Waals surface area (Å²) in [6.07, 6.45) is 2.17. The van der Waals surface area contributed by atoms with Gasteiger partial charge in [-0.25, -0.2) is 0 Å². The van der Waals surface area contributed by atoms with Crippen molar-refractivity contribution >= 4 is 6.41 Å². The van der Waals surface area contributed by atoms with Gasteiger partial charge in [0.05, 0.1) is 12.5 Å². The van der Waals surface area contributed by atoms with E-state index in [0.29, 0.717) is 13.0 Å². The largest absolute Gasteiger partial charge is 0.342 e. The molecule has 0 aromatic rings. The van der Waals surface area contributed by atoms with Crippen LogP contribution in [0.2, 0.25) is 0 Å². The third-order valence-electron chi connectivity index (χ3n) is 1.77. The van der Waals surface area contributed by atoms with E-state index in [9.17, 15) is 4.79 Å². The van der Waals surface area contributed by atoms with Crippen LogP contribution in [-0.4, -0.2) is 23.9 Å². The van der Waals surface area contributed by atoms with Crippen LogP contribution in [0.15, 0.2) is 0 Å². The van der Waals surface area contributed by atoms with Gasteiger partial charge < -0.3 is 4.90 Å². The minimum atomic E-state index is 0.251. The number of hydrogen-bond donors (Lipinski definition) is 0. The Kier molecular flexibility index (Phi) is 5.18. The molecule has 0 bridgehead atoms. The number of hydrogen-bond acceptors (Lipinski definition) is 2. The summed E-state index contributed by atoms with van der Waals surface area (Å²) >= 11 is 0. The van der Waals surface area contributed by atoms with E-state index in [1.807, 2.05) is 19.9 Å². The minimum Gasteiger partial charge on any atom is -0.342 e. The molecule has 0 aromatic carbocycles. The van der Waals surface area contributed by atoms with Gasteiger partial charge in [0, 0.05) is 12.6 Å². The standard InChI is InChI=1S/C8H14N2O/c1-3-8(2)10(7-11)6-4-5-9/h7-8H,3-4,6H2,1-2H3. The fraction of sp³-hybridized carbons (Fsp3) is 0.750. The van der Waals surface area contributed by atoms with Crippen molar-refractivity contribution in [1.82, 2.24) is 4.90 Å². The molecule has 3 nitrogen and oxygen atoms in total. The predicted octanol–water partition coefficient (Wildman–Crippen LogP) is 1.16. The molecule has 0 saturated heterocycles. The first-order chi connectivity index (χ1) is 5.26. The number of carbonyl (C=O) groups is 1. The predicted molar refractivity (Wildman–Crippen MR) is 42.8 cm³/mol. The molecular formula is C8H14N2O.